The minimum atomic E-state index is 0.109. The monoisotopic (exact) mass is 322 g/mol. The van der Waals surface area contributed by atoms with Gasteiger partial charge in [-0.3, -0.25) is 5.41 Å². The quantitative estimate of drug-likeness (QED) is 0.468. The summed E-state index contributed by atoms with van der Waals surface area (Å²) in [5.74, 6) is 1.06. The first kappa shape index (κ1) is 15.3. The minimum absolute atomic E-state index is 0.109. The van der Waals surface area contributed by atoms with Crippen LogP contribution < -0.4 is 5.73 Å². The van der Waals surface area contributed by atoms with Crippen molar-refractivity contribution >= 4 is 41.0 Å². The van der Waals surface area contributed by atoms with E-state index in [0.29, 0.717) is 0 Å². The predicted octanol–water partition coefficient (Wildman–Crippen LogP) is 4.89. The van der Waals surface area contributed by atoms with Crippen molar-refractivity contribution in [2.75, 3.05) is 5.75 Å². The Morgan fingerprint density at radius 2 is 1.80 bits per heavy atom. The number of nitrogen functional groups attached to an aromatic ring is 1. The summed E-state index contributed by atoms with van der Waals surface area (Å²) in [7, 11) is 0. The van der Waals surface area contributed by atoms with Gasteiger partial charge in [0.15, 0.2) is 0 Å². The topological polar surface area (TPSA) is 49.9 Å². The molecule has 0 bridgehead atoms. The highest BCUT2D eigenvalue weighted by Crippen LogP contribution is 2.35. The molecule has 0 aromatic heterocycles. The number of amidine groups is 1. The Bertz CT molecular complexity index is 612. The second-order valence-electron chi connectivity index (χ2n) is 4.03. The van der Waals surface area contributed by atoms with Gasteiger partial charge in [0.1, 0.15) is 5.84 Å². The molecule has 0 unspecified atom stereocenters. The van der Waals surface area contributed by atoms with Gasteiger partial charge in [-0.25, -0.2) is 0 Å². The van der Waals surface area contributed by atoms with Gasteiger partial charge in [-0.2, -0.15) is 0 Å². The maximum Gasteiger partial charge on any atom is 0.125 e. The molecule has 20 heavy (non-hydrogen) atoms. The van der Waals surface area contributed by atoms with Gasteiger partial charge >= 0.3 is 0 Å². The number of halogens is 1. The van der Waals surface area contributed by atoms with Crippen LogP contribution in [0.25, 0.3) is 0 Å². The molecule has 0 amide bonds. The molecule has 2 nitrogen and oxygen atoms in total. The molecule has 0 saturated heterocycles. The molecule has 0 aliphatic heterocycles. The summed E-state index contributed by atoms with van der Waals surface area (Å²) in [4.78, 5) is 3.13. The number of nitrogens with one attached hydrogen (secondary N) is 1. The Labute approximate surface area is 132 Å². The van der Waals surface area contributed by atoms with Gasteiger partial charge in [-0.15, -0.1) is 11.8 Å². The van der Waals surface area contributed by atoms with Crippen molar-refractivity contribution < 1.29 is 0 Å². The summed E-state index contributed by atoms with van der Waals surface area (Å²) < 4.78 is 0. The van der Waals surface area contributed by atoms with Crippen molar-refractivity contribution in [3.05, 3.63) is 53.1 Å². The first-order valence-corrected chi connectivity index (χ1v) is 8.33. The predicted molar refractivity (Wildman–Crippen MR) is 89.4 cm³/mol. The van der Waals surface area contributed by atoms with Crippen LogP contribution in [0.3, 0.4) is 0 Å². The van der Waals surface area contributed by atoms with Gasteiger partial charge < -0.3 is 5.73 Å². The number of thioether (sulfide) groups is 1. The normalized spacial score (nSPS) is 10.5. The van der Waals surface area contributed by atoms with Gasteiger partial charge in [0.2, 0.25) is 0 Å². The number of benzene rings is 2. The van der Waals surface area contributed by atoms with Crippen LogP contribution in [-0.4, -0.2) is 11.6 Å². The summed E-state index contributed by atoms with van der Waals surface area (Å²) in [6.45, 7) is 2.09. The maximum absolute atomic E-state index is 7.83. The maximum atomic E-state index is 7.83. The number of hydrogen-bond donors (Lipinski definition) is 2. The molecule has 0 aliphatic carbocycles. The zero-order valence-corrected chi connectivity index (χ0v) is 13.4. The zero-order valence-electron chi connectivity index (χ0n) is 11.0. The molecule has 2 aromatic carbocycles. The molecule has 0 radical (unpaired) electrons. The van der Waals surface area contributed by atoms with E-state index in [2.05, 4.69) is 6.92 Å². The lowest BCUT2D eigenvalue weighted by molar-refractivity contribution is 1.24. The first-order valence-electron chi connectivity index (χ1n) is 6.15. The SMILES string of the molecule is CCSc1cccc(Sc2ccc(Cl)cc2)c1C(=N)N. The van der Waals surface area contributed by atoms with Gasteiger partial charge in [0, 0.05) is 25.3 Å². The lowest BCUT2D eigenvalue weighted by atomic mass is 10.2. The third-order valence-electron chi connectivity index (χ3n) is 2.60. The molecule has 2 rings (SSSR count). The van der Waals surface area contributed by atoms with Crippen LogP contribution >= 0.6 is 35.1 Å². The Hall–Kier alpha value is -1.10. The van der Waals surface area contributed by atoms with Crippen molar-refractivity contribution in [1.82, 2.24) is 0 Å². The number of nitrogens with two attached hydrogens (primary N) is 1. The van der Waals surface area contributed by atoms with Gasteiger partial charge in [0.05, 0.1) is 0 Å². The fourth-order valence-electron chi connectivity index (χ4n) is 1.77. The molecule has 0 fully saturated rings. The average Bonchev–Trinajstić information content (AvgIpc) is 2.41. The van der Waals surface area contributed by atoms with Crippen LogP contribution in [0.4, 0.5) is 0 Å². The molecule has 0 aliphatic rings. The Morgan fingerprint density at radius 1 is 1.15 bits per heavy atom. The van der Waals surface area contributed by atoms with Crippen LogP contribution in [-0.2, 0) is 0 Å². The van der Waals surface area contributed by atoms with E-state index in [-0.39, 0.29) is 5.84 Å². The van der Waals surface area contributed by atoms with Crippen LogP contribution in [0, 0.1) is 5.41 Å². The summed E-state index contributed by atoms with van der Waals surface area (Å²) in [6.07, 6.45) is 0. The summed E-state index contributed by atoms with van der Waals surface area (Å²) in [5, 5.41) is 8.54. The van der Waals surface area contributed by atoms with Crippen molar-refractivity contribution in [2.24, 2.45) is 5.73 Å². The Balaban J connectivity index is 2.37. The molecule has 0 spiro atoms. The van der Waals surface area contributed by atoms with E-state index in [4.69, 9.17) is 22.7 Å². The highest BCUT2D eigenvalue weighted by Gasteiger charge is 2.12. The number of rotatable bonds is 5. The summed E-state index contributed by atoms with van der Waals surface area (Å²) in [5.41, 5.74) is 6.58. The van der Waals surface area contributed by atoms with Crippen molar-refractivity contribution in [3.63, 3.8) is 0 Å². The smallest absolute Gasteiger partial charge is 0.125 e. The lowest BCUT2D eigenvalue weighted by Crippen LogP contribution is -2.13. The summed E-state index contributed by atoms with van der Waals surface area (Å²) in [6, 6.07) is 13.7. The minimum Gasteiger partial charge on any atom is -0.384 e. The highest BCUT2D eigenvalue weighted by atomic mass is 35.5. The molecular weight excluding hydrogens is 308 g/mol. The molecule has 0 atom stereocenters. The lowest BCUT2D eigenvalue weighted by Gasteiger charge is -2.12. The molecule has 3 N–H and O–H groups in total. The second-order valence-corrected chi connectivity index (χ2v) is 6.89. The molecule has 104 valence electrons. The zero-order chi connectivity index (χ0) is 14.5. The first-order chi connectivity index (χ1) is 9.61. The third kappa shape index (κ3) is 3.72. The van der Waals surface area contributed by atoms with Gasteiger partial charge in [0.25, 0.3) is 0 Å². The molecule has 5 heteroatoms. The fourth-order valence-corrected chi connectivity index (χ4v) is 3.80. The van der Waals surface area contributed by atoms with E-state index in [0.717, 1.165) is 31.0 Å². The van der Waals surface area contributed by atoms with E-state index in [1.807, 2.05) is 42.5 Å². The fraction of sp³-hybridized carbons (Fsp3) is 0.133. The van der Waals surface area contributed by atoms with E-state index in [1.54, 1.807) is 23.5 Å². The van der Waals surface area contributed by atoms with Crippen LogP contribution in [0.1, 0.15) is 12.5 Å². The van der Waals surface area contributed by atoms with E-state index < -0.39 is 0 Å². The van der Waals surface area contributed by atoms with E-state index in [9.17, 15) is 0 Å². The average molecular weight is 323 g/mol. The summed E-state index contributed by atoms with van der Waals surface area (Å²) >= 11 is 9.20. The van der Waals surface area contributed by atoms with Crippen LogP contribution in [0.15, 0.2) is 57.2 Å². The van der Waals surface area contributed by atoms with Crippen LogP contribution in [0.5, 0.6) is 0 Å². The molecule has 0 heterocycles. The Morgan fingerprint density at radius 3 is 2.40 bits per heavy atom. The third-order valence-corrected chi connectivity index (χ3v) is 4.86. The van der Waals surface area contributed by atoms with Crippen molar-refractivity contribution in [2.45, 2.75) is 21.6 Å². The van der Waals surface area contributed by atoms with Gasteiger partial charge in [-0.05, 0) is 42.2 Å². The molecule has 2 aromatic rings. The van der Waals surface area contributed by atoms with Crippen LogP contribution in [0.2, 0.25) is 5.02 Å². The van der Waals surface area contributed by atoms with E-state index in [1.165, 1.54) is 0 Å². The highest BCUT2D eigenvalue weighted by molar-refractivity contribution is 8.00. The standard InChI is InChI=1S/C15H15ClN2S2/c1-2-19-12-4-3-5-13(14(12)15(17)18)20-11-8-6-10(16)7-9-11/h3-9H,2H2,1H3,(H3,17,18). The molecular formula is C15H15ClN2S2. The Kier molecular flexibility index (Phi) is 5.40. The second kappa shape index (κ2) is 7.07. The van der Waals surface area contributed by atoms with Gasteiger partial charge in [-0.1, -0.05) is 36.4 Å². The number of hydrogen-bond acceptors (Lipinski definition) is 3. The largest absolute Gasteiger partial charge is 0.384 e. The van der Waals surface area contributed by atoms with Crippen molar-refractivity contribution in [1.29, 1.82) is 5.41 Å². The van der Waals surface area contributed by atoms with Crippen molar-refractivity contribution in [3.8, 4) is 0 Å². The van der Waals surface area contributed by atoms with E-state index >= 15 is 0 Å². The molecule has 0 saturated carbocycles.